The van der Waals surface area contributed by atoms with Gasteiger partial charge in [-0.15, -0.1) is 0 Å². The Morgan fingerprint density at radius 2 is 2.00 bits per heavy atom. The molecule has 0 fully saturated rings. The van der Waals surface area contributed by atoms with Crippen molar-refractivity contribution in [3.05, 3.63) is 33.8 Å². The summed E-state index contributed by atoms with van der Waals surface area (Å²) in [5.41, 5.74) is 0.947. The minimum atomic E-state index is 0. The van der Waals surface area contributed by atoms with Crippen molar-refractivity contribution in [2.75, 3.05) is 13.2 Å². The van der Waals surface area contributed by atoms with Crippen LogP contribution >= 0.6 is 23.2 Å². The standard InChI is InChI=1S/C9H11Cl2NO.ClH/c10-8-3-1-2-7(9(8)11)6-12-4-5-13;/h1-3,12-13H,4-6H2;1H/p-1. The molecule has 0 bridgehead atoms. The van der Waals surface area contributed by atoms with Crippen LogP contribution in [-0.4, -0.2) is 18.3 Å². The average molecular weight is 256 g/mol. The molecule has 5 heteroatoms. The average Bonchev–Trinajstić information content (AvgIpc) is 2.13. The van der Waals surface area contributed by atoms with Gasteiger partial charge in [-0.2, -0.15) is 0 Å². The summed E-state index contributed by atoms with van der Waals surface area (Å²) in [5, 5.41) is 12.7. The Morgan fingerprint density at radius 3 is 2.64 bits per heavy atom. The Bertz CT molecular complexity index is 281. The summed E-state index contributed by atoms with van der Waals surface area (Å²) in [6.07, 6.45) is 0. The normalized spacial score (nSPS) is 9.64. The summed E-state index contributed by atoms with van der Waals surface area (Å²) in [4.78, 5) is 0. The van der Waals surface area contributed by atoms with Gasteiger partial charge in [0.1, 0.15) is 0 Å². The largest absolute Gasteiger partial charge is 1.00 e. The first-order valence-corrected chi connectivity index (χ1v) is 4.75. The van der Waals surface area contributed by atoms with E-state index in [2.05, 4.69) is 5.32 Å². The van der Waals surface area contributed by atoms with E-state index < -0.39 is 0 Å². The lowest BCUT2D eigenvalue weighted by molar-refractivity contribution is -0.00000357. The van der Waals surface area contributed by atoms with Crippen molar-refractivity contribution in [2.24, 2.45) is 0 Å². The lowest BCUT2D eigenvalue weighted by Crippen LogP contribution is -3.00. The molecule has 2 nitrogen and oxygen atoms in total. The van der Waals surface area contributed by atoms with Crippen LogP contribution in [0.4, 0.5) is 0 Å². The highest BCUT2D eigenvalue weighted by Gasteiger charge is 2.02. The molecule has 0 amide bonds. The zero-order chi connectivity index (χ0) is 9.68. The molecule has 80 valence electrons. The Balaban J connectivity index is 0.00000169. The Morgan fingerprint density at radius 1 is 1.29 bits per heavy atom. The number of hydrogen-bond donors (Lipinski definition) is 2. The van der Waals surface area contributed by atoms with Crippen LogP contribution in [0.1, 0.15) is 5.56 Å². The van der Waals surface area contributed by atoms with Crippen LogP contribution < -0.4 is 17.7 Å². The summed E-state index contributed by atoms with van der Waals surface area (Å²) in [6, 6.07) is 5.50. The summed E-state index contributed by atoms with van der Waals surface area (Å²) in [5.74, 6) is 0. The minimum Gasteiger partial charge on any atom is -1.00 e. The van der Waals surface area contributed by atoms with Gasteiger partial charge in [0, 0.05) is 13.1 Å². The number of rotatable bonds is 4. The first-order chi connectivity index (χ1) is 6.25. The summed E-state index contributed by atoms with van der Waals surface area (Å²) in [7, 11) is 0. The maximum Gasteiger partial charge on any atom is 0.0637 e. The van der Waals surface area contributed by atoms with Gasteiger partial charge in [0.25, 0.3) is 0 Å². The molecule has 0 spiro atoms. The third-order valence-electron chi connectivity index (χ3n) is 1.64. The molecule has 0 radical (unpaired) electrons. The second kappa shape index (κ2) is 7.32. The predicted octanol–water partition coefficient (Wildman–Crippen LogP) is -0.921. The molecule has 0 aliphatic carbocycles. The maximum atomic E-state index is 8.55. The lowest BCUT2D eigenvalue weighted by atomic mass is 10.2. The molecular weight excluding hydrogens is 244 g/mol. The van der Waals surface area contributed by atoms with E-state index in [9.17, 15) is 0 Å². The van der Waals surface area contributed by atoms with Crippen LogP contribution in [0, 0.1) is 0 Å². The summed E-state index contributed by atoms with van der Waals surface area (Å²) in [6.45, 7) is 1.31. The molecule has 0 aromatic heterocycles. The number of halogens is 3. The summed E-state index contributed by atoms with van der Waals surface area (Å²) >= 11 is 11.8. The zero-order valence-electron chi connectivity index (χ0n) is 7.43. The van der Waals surface area contributed by atoms with E-state index >= 15 is 0 Å². The molecule has 0 aliphatic heterocycles. The van der Waals surface area contributed by atoms with Crippen molar-refractivity contribution in [3.8, 4) is 0 Å². The highest BCUT2D eigenvalue weighted by atomic mass is 35.5. The monoisotopic (exact) mass is 254 g/mol. The Labute approximate surface area is 99.6 Å². The second-order valence-electron chi connectivity index (χ2n) is 2.61. The lowest BCUT2D eigenvalue weighted by Gasteiger charge is -2.05. The van der Waals surface area contributed by atoms with E-state index in [4.69, 9.17) is 28.3 Å². The molecule has 14 heavy (non-hydrogen) atoms. The van der Waals surface area contributed by atoms with Crippen molar-refractivity contribution in [1.82, 2.24) is 5.32 Å². The third kappa shape index (κ3) is 4.03. The highest BCUT2D eigenvalue weighted by molar-refractivity contribution is 6.42. The first kappa shape index (κ1) is 14.0. The Kier molecular flexibility index (Phi) is 7.33. The van der Waals surface area contributed by atoms with E-state index in [1.165, 1.54) is 0 Å². The number of aliphatic hydroxyl groups excluding tert-OH is 1. The molecule has 2 N–H and O–H groups in total. The molecule has 0 unspecified atom stereocenters. The number of hydrogen-bond acceptors (Lipinski definition) is 2. The highest BCUT2D eigenvalue weighted by Crippen LogP contribution is 2.25. The fourth-order valence-corrected chi connectivity index (χ4v) is 1.37. The number of benzene rings is 1. The van der Waals surface area contributed by atoms with Gasteiger partial charge < -0.3 is 22.8 Å². The molecule has 1 aromatic carbocycles. The van der Waals surface area contributed by atoms with Crippen molar-refractivity contribution in [2.45, 2.75) is 6.54 Å². The van der Waals surface area contributed by atoms with Gasteiger partial charge in [-0.25, -0.2) is 0 Å². The summed E-state index contributed by atoms with van der Waals surface area (Å²) < 4.78 is 0. The zero-order valence-corrected chi connectivity index (χ0v) is 9.70. The molecule has 0 atom stereocenters. The molecule has 0 saturated heterocycles. The van der Waals surface area contributed by atoms with Crippen molar-refractivity contribution in [3.63, 3.8) is 0 Å². The molecular formula is C9H11Cl3NO-. The van der Waals surface area contributed by atoms with Gasteiger partial charge in [-0.3, -0.25) is 0 Å². The van der Waals surface area contributed by atoms with Crippen molar-refractivity contribution in [1.29, 1.82) is 0 Å². The number of aliphatic hydroxyl groups is 1. The number of nitrogens with one attached hydrogen (secondary N) is 1. The van der Waals surface area contributed by atoms with Crippen LogP contribution in [0.25, 0.3) is 0 Å². The van der Waals surface area contributed by atoms with E-state index in [0.29, 0.717) is 23.1 Å². The van der Waals surface area contributed by atoms with Crippen molar-refractivity contribution >= 4 is 23.2 Å². The molecule has 0 aliphatic rings. The predicted molar refractivity (Wildman–Crippen MR) is 55.3 cm³/mol. The van der Waals surface area contributed by atoms with Gasteiger partial charge in [0.05, 0.1) is 16.7 Å². The molecule has 0 heterocycles. The fourth-order valence-electron chi connectivity index (χ4n) is 0.987. The van der Waals surface area contributed by atoms with E-state index in [1.807, 2.05) is 12.1 Å². The van der Waals surface area contributed by atoms with Crippen LogP contribution in [0.2, 0.25) is 10.0 Å². The fraction of sp³-hybridized carbons (Fsp3) is 0.333. The van der Waals surface area contributed by atoms with Crippen LogP contribution in [0.5, 0.6) is 0 Å². The van der Waals surface area contributed by atoms with Crippen LogP contribution in [0.15, 0.2) is 18.2 Å². The van der Waals surface area contributed by atoms with Crippen molar-refractivity contribution < 1.29 is 17.5 Å². The van der Waals surface area contributed by atoms with Gasteiger partial charge in [-0.1, -0.05) is 35.3 Å². The van der Waals surface area contributed by atoms with Gasteiger partial charge >= 0.3 is 0 Å². The minimum absolute atomic E-state index is 0. The second-order valence-corrected chi connectivity index (χ2v) is 3.40. The van der Waals surface area contributed by atoms with Gasteiger partial charge in [-0.05, 0) is 11.6 Å². The van der Waals surface area contributed by atoms with Crippen LogP contribution in [0.3, 0.4) is 0 Å². The van der Waals surface area contributed by atoms with E-state index in [1.54, 1.807) is 6.07 Å². The maximum absolute atomic E-state index is 8.55. The third-order valence-corrected chi connectivity index (χ3v) is 2.49. The SMILES string of the molecule is OCCNCc1cccc(Cl)c1Cl.[Cl-]. The van der Waals surface area contributed by atoms with Gasteiger partial charge in [0.15, 0.2) is 0 Å². The van der Waals surface area contributed by atoms with Crippen LogP contribution in [-0.2, 0) is 6.54 Å². The first-order valence-electron chi connectivity index (χ1n) is 4.00. The molecule has 1 rings (SSSR count). The smallest absolute Gasteiger partial charge is 0.0637 e. The Hall–Kier alpha value is 0.01000. The van der Waals surface area contributed by atoms with Gasteiger partial charge in [0.2, 0.25) is 0 Å². The molecule has 0 saturated carbocycles. The van der Waals surface area contributed by atoms with E-state index in [0.717, 1.165) is 5.56 Å². The quantitative estimate of drug-likeness (QED) is 0.682. The van der Waals surface area contributed by atoms with E-state index in [-0.39, 0.29) is 19.0 Å². The topological polar surface area (TPSA) is 32.3 Å². The molecule has 1 aromatic rings.